The fraction of sp³-hybridized carbons (Fsp3) is 0.368. The summed E-state index contributed by atoms with van der Waals surface area (Å²) in [4.78, 5) is 9.03. The van der Waals surface area contributed by atoms with Crippen LogP contribution < -0.4 is 0 Å². The lowest BCUT2D eigenvalue weighted by molar-refractivity contribution is 0.451. The van der Waals surface area contributed by atoms with E-state index in [0.717, 1.165) is 29.8 Å². The Bertz CT molecular complexity index is 1080. The van der Waals surface area contributed by atoms with Gasteiger partial charge in [-0.3, -0.25) is 0 Å². The van der Waals surface area contributed by atoms with E-state index in [2.05, 4.69) is 9.97 Å². The van der Waals surface area contributed by atoms with Gasteiger partial charge in [-0.15, -0.1) is 0 Å². The van der Waals surface area contributed by atoms with E-state index in [1.807, 2.05) is 23.7 Å². The van der Waals surface area contributed by atoms with Crippen LogP contribution in [0.4, 0.5) is 0 Å². The Morgan fingerprint density at radius 2 is 2.11 bits per heavy atom. The first-order chi connectivity index (χ1) is 12.9. The normalized spacial score (nSPS) is 18.4. The summed E-state index contributed by atoms with van der Waals surface area (Å²) in [5, 5.41) is 0.553. The molecule has 1 aromatic carbocycles. The number of fused-ring (bicyclic) bond motifs is 1. The summed E-state index contributed by atoms with van der Waals surface area (Å²) in [5.41, 5.74) is 2.45. The summed E-state index contributed by atoms with van der Waals surface area (Å²) >= 11 is 5.97. The van der Waals surface area contributed by atoms with Crippen molar-refractivity contribution < 1.29 is 8.42 Å². The molecule has 0 radical (unpaired) electrons. The zero-order valence-corrected chi connectivity index (χ0v) is 16.6. The van der Waals surface area contributed by atoms with E-state index >= 15 is 0 Å². The highest BCUT2D eigenvalue weighted by Gasteiger charge is 2.32. The molecular formula is C19H21ClN4O2S. The minimum absolute atomic E-state index is 0.0174. The van der Waals surface area contributed by atoms with E-state index in [4.69, 9.17) is 11.6 Å². The average Bonchev–Trinajstić information content (AvgIpc) is 3.21. The smallest absolute Gasteiger partial charge is 0.218 e. The highest BCUT2D eigenvalue weighted by atomic mass is 35.5. The highest BCUT2D eigenvalue weighted by molar-refractivity contribution is 7.88. The van der Waals surface area contributed by atoms with Crippen molar-refractivity contribution in [2.75, 3.05) is 13.1 Å². The maximum atomic E-state index is 12.8. The molecule has 0 aliphatic carbocycles. The average molecular weight is 405 g/mol. The predicted molar refractivity (Wildman–Crippen MR) is 106 cm³/mol. The number of halogens is 1. The molecule has 2 aromatic heterocycles. The minimum atomic E-state index is -3.35. The molecule has 8 heteroatoms. The van der Waals surface area contributed by atoms with Crippen LogP contribution >= 0.6 is 11.6 Å². The number of sulfonamides is 1. The van der Waals surface area contributed by atoms with E-state index in [9.17, 15) is 8.42 Å². The molecule has 0 bridgehead atoms. The van der Waals surface area contributed by atoms with E-state index < -0.39 is 10.0 Å². The summed E-state index contributed by atoms with van der Waals surface area (Å²) in [6.45, 7) is 1.08. The van der Waals surface area contributed by atoms with E-state index in [1.54, 1.807) is 34.8 Å². The number of rotatable bonds is 5. The Hall–Kier alpha value is -1.96. The number of imidazole rings is 1. The summed E-state index contributed by atoms with van der Waals surface area (Å²) < 4.78 is 29.1. The molecule has 3 heterocycles. The van der Waals surface area contributed by atoms with Crippen LogP contribution in [0.25, 0.3) is 11.2 Å². The third-order valence-electron chi connectivity index (χ3n) is 5.07. The van der Waals surface area contributed by atoms with Crippen molar-refractivity contribution >= 4 is 32.8 Å². The molecule has 0 saturated carbocycles. The van der Waals surface area contributed by atoms with Gasteiger partial charge >= 0.3 is 0 Å². The molecule has 0 amide bonds. The van der Waals surface area contributed by atoms with E-state index in [1.165, 1.54) is 0 Å². The van der Waals surface area contributed by atoms with Gasteiger partial charge in [0.2, 0.25) is 10.0 Å². The maximum absolute atomic E-state index is 12.8. The van der Waals surface area contributed by atoms with Crippen LogP contribution in [0.5, 0.6) is 0 Å². The van der Waals surface area contributed by atoms with Crippen molar-refractivity contribution in [3.05, 3.63) is 59.0 Å². The standard InChI is InChI=1S/C19H21ClN4O2S/c1-23-18(22-17-6-3-8-21-19(17)23)11-14-7-9-24(12-14)27(25,26)13-15-4-2-5-16(20)10-15/h2-6,8,10,14H,7,9,11-13H2,1H3. The summed E-state index contributed by atoms with van der Waals surface area (Å²) in [6, 6.07) is 10.8. The first-order valence-corrected chi connectivity index (χ1v) is 10.9. The fourth-order valence-corrected chi connectivity index (χ4v) is 5.47. The van der Waals surface area contributed by atoms with Crippen LogP contribution in [0, 0.1) is 5.92 Å². The molecule has 27 heavy (non-hydrogen) atoms. The minimum Gasteiger partial charge on any atom is -0.316 e. The van der Waals surface area contributed by atoms with Gasteiger partial charge in [-0.05, 0) is 42.2 Å². The van der Waals surface area contributed by atoms with Crippen LogP contribution in [0.1, 0.15) is 17.8 Å². The van der Waals surface area contributed by atoms with Crippen LogP contribution in [-0.4, -0.2) is 40.3 Å². The maximum Gasteiger partial charge on any atom is 0.218 e. The molecule has 1 atom stereocenters. The molecule has 142 valence electrons. The lowest BCUT2D eigenvalue weighted by Crippen LogP contribution is -2.30. The largest absolute Gasteiger partial charge is 0.316 e. The summed E-state index contributed by atoms with van der Waals surface area (Å²) in [6.07, 6.45) is 3.34. The molecule has 1 unspecified atom stereocenters. The molecule has 1 saturated heterocycles. The van der Waals surface area contributed by atoms with Crippen molar-refractivity contribution in [2.24, 2.45) is 13.0 Å². The number of nitrogens with zero attached hydrogens (tertiary/aromatic N) is 4. The van der Waals surface area contributed by atoms with Crippen molar-refractivity contribution in [1.82, 2.24) is 18.8 Å². The number of pyridine rings is 1. The zero-order valence-electron chi connectivity index (χ0n) is 15.0. The number of benzene rings is 1. The van der Waals surface area contributed by atoms with Gasteiger partial charge < -0.3 is 4.57 Å². The van der Waals surface area contributed by atoms with Crippen molar-refractivity contribution in [3.8, 4) is 0 Å². The molecule has 1 aliphatic heterocycles. The first-order valence-electron chi connectivity index (χ1n) is 8.91. The molecular weight excluding hydrogens is 384 g/mol. The molecule has 1 aliphatic rings. The molecule has 0 spiro atoms. The van der Waals surface area contributed by atoms with Crippen LogP contribution in [0.3, 0.4) is 0 Å². The third kappa shape index (κ3) is 3.85. The predicted octanol–water partition coefficient (Wildman–Crippen LogP) is 3.02. The van der Waals surface area contributed by atoms with Gasteiger partial charge in [0, 0.05) is 37.8 Å². The topological polar surface area (TPSA) is 68.1 Å². The highest BCUT2D eigenvalue weighted by Crippen LogP contribution is 2.26. The Morgan fingerprint density at radius 1 is 1.26 bits per heavy atom. The van der Waals surface area contributed by atoms with Gasteiger partial charge in [-0.1, -0.05) is 23.7 Å². The van der Waals surface area contributed by atoms with E-state index in [-0.39, 0.29) is 11.7 Å². The SMILES string of the molecule is Cn1c(CC2CCN(S(=O)(=O)Cc3cccc(Cl)c3)C2)nc2cccnc21. The number of hydrogen-bond donors (Lipinski definition) is 0. The van der Waals surface area contributed by atoms with E-state index in [0.29, 0.717) is 23.7 Å². The Balaban J connectivity index is 1.45. The van der Waals surface area contributed by atoms with Crippen molar-refractivity contribution in [3.63, 3.8) is 0 Å². The molecule has 0 N–H and O–H groups in total. The van der Waals surface area contributed by atoms with Crippen LogP contribution in [-0.2, 0) is 29.2 Å². The van der Waals surface area contributed by atoms with Gasteiger partial charge in [-0.25, -0.2) is 22.7 Å². The van der Waals surface area contributed by atoms with Gasteiger partial charge in [0.1, 0.15) is 11.3 Å². The van der Waals surface area contributed by atoms with Gasteiger partial charge in [0.05, 0.1) is 5.75 Å². The van der Waals surface area contributed by atoms with Crippen molar-refractivity contribution in [1.29, 1.82) is 0 Å². The third-order valence-corrected chi connectivity index (χ3v) is 7.12. The van der Waals surface area contributed by atoms with Crippen LogP contribution in [0.15, 0.2) is 42.6 Å². The monoisotopic (exact) mass is 404 g/mol. The number of aromatic nitrogens is 3. The Kier molecular flexibility index (Phi) is 4.92. The quantitative estimate of drug-likeness (QED) is 0.655. The van der Waals surface area contributed by atoms with Crippen LogP contribution in [0.2, 0.25) is 5.02 Å². The number of aryl methyl sites for hydroxylation is 1. The number of hydrogen-bond acceptors (Lipinski definition) is 4. The summed E-state index contributed by atoms with van der Waals surface area (Å²) in [7, 11) is -1.40. The summed E-state index contributed by atoms with van der Waals surface area (Å²) in [5.74, 6) is 1.19. The first kappa shape index (κ1) is 18.4. The van der Waals surface area contributed by atoms with Gasteiger partial charge in [-0.2, -0.15) is 0 Å². The second kappa shape index (κ2) is 7.22. The zero-order chi connectivity index (χ0) is 19.0. The second-order valence-corrected chi connectivity index (χ2v) is 9.44. The Morgan fingerprint density at radius 3 is 2.89 bits per heavy atom. The van der Waals surface area contributed by atoms with Crippen molar-refractivity contribution in [2.45, 2.75) is 18.6 Å². The lowest BCUT2D eigenvalue weighted by atomic mass is 10.1. The van der Waals surface area contributed by atoms with Gasteiger partial charge in [0.25, 0.3) is 0 Å². The lowest BCUT2D eigenvalue weighted by Gasteiger charge is -2.17. The fourth-order valence-electron chi connectivity index (χ4n) is 3.66. The molecule has 6 nitrogen and oxygen atoms in total. The second-order valence-electron chi connectivity index (χ2n) is 7.04. The van der Waals surface area contributed by atoms with Gasteiger partial charge in [0.15, 0.2) is 5.65 Å². The molecule has 3 aromatic rings. The Labute approximate surface area is 163 Å². The molecule has 1 fully saturated rings. The molecule has 4 rings (SSSR count).